The van der Waals surface area contributed by atoms with E-state index in [0.29, 0.717) is 6.54 Å². The van der Waals surface area contributed by atoms with E-state index in [0.717, 1.165) is 24.9 Å². The van der Waals surface area contributed by atoms with Gasteiger partial charge in [-0.1, -0.05) is 6.07 Å². The molecular weight excluding hydrogens is 238 g/mol. The Balaban J connectivity index is 2.19. The Morgan fingerprint density at radius 1 is 1.35 bits per heavy atom. The van der Waals surface area contributed by atoms with E-state index in [2.05, 4.69) is 15.0 Å². The molecule has 0 aromatic carbocycles. The van der Waals surface area contributed by atoms with Gasteiger partial charge in [-0.15, -0.1) is 0 Å². The van der Waals surface area contributed by atoms with Gasteiger partial charge in [0.25, 0.3) is 0 Å². The van der Waals surface area contributed by atoms with Gasteiger partial charge in [0, 0.05) is 18.8 Å². The molecule has 2 N–H and O–H groups in total. The zero-order valence-electron chi connectivity index (χ0n) is 10.2. The van der Waals surface area contributed by atoms with Crippen molar-refractivity contribution in [2.75, 3.05) is 19.3 Å². The van der Waals surface area contributed by atoms with Crippen molar-refractivity contribution in [1.82, 2.24) is 15.0 Å². The first-order valence-electron chi connectivity index (χ1n) is 5.58. The SMILES string of the molecule is CC(NCCCNS(C)(=O)=O)c1ccccn1. The van der Waals surface area contributed by atoms with Crippen molar-refractivity contribution in [2.24, 2.45) is 0 Å². The lowest BCUT2D eigenvalue weighted by atomic mass is 10.2. The van der Waals surface area contributed by atoms with E-state index in [1.165, 1.54) is 0 Å². The number of rotatable bonds is 7. The predicted octanol–water partition coefficient (Wildman–Crippen LogP) is 0.671. The third kappa shape index (κ3) is 6.35. The van der Waals surface area contributed by atoms with E-state index in [4.69, 9.17) is 0 Å². The van der Waals surface area contributed by atoms with Crippen LogP contribution in [-0.4, -0.2) is 32.7 Å². The van der Waals surface area contributed by atoms with E-state index in [9.17, 15) is 8.42 Å². The average Bonchev–Trinajstić information content (AvgIpc) is 2.28. The normalized spacial score (nSPS) is 13.5. The van der Waals surface area contributed by atoms with E-state index in [1.54, 1.807) is 6.20 Å². The molecule has 1 atom stereocenters. The maximum absolute atomic E-state index is 10.8. The summed E-state index contributed by atoms with van der Waals surface area (Å²) < 4.78 is 24.1. The number of hydrogen-bond acceptors (Lipinski definition) is 4. The summed E-state index contributed by atoms with van der Waals surface area (Å²) in [4.78, 5) is 4.24. The molecule has 1 rings (SSSR count). The fraction of sp³-hybridized carbons (Fsp3) is 0.545. The van der Waals surface area contributed by atoms with Crippen LogP contribution in [0.25, 0.3) is 0 Å². The molecule has 0 aliphatic carbocycles. The van der Waals surface area contributed by atoms with Crippen LogP contribution in [0.5, 0.6) is 0 Å². The molecular formula is C11H19N3O2S. The van der Waals surface area contributed by atoms with Gasteiger partial charge in [0.1, 0.15) is 0 Å². The lowest BCUT2D eigenvalue weighted by Crippen LogP contribution is -2.27. The van der Waals surface area contributed by atoms with Crippen LogP contribution >= 0.6 is 0 Å². The predicted molar refractivity (Wildman–Crippen MR) is 68.1 cm³/mol. The number of pyridine rings is 1. The maximum atomic E-state index is 10.8. The molecule has 0 aliphatic rings. The fourth-order valence-corrected chi connectivity index (χ4v) is 1.92. The van der Waals surface area contributed by atoms with Gasteiger partial charge in [-0.05, 0) is 32.0 Å². The van der Waals surface area contributed by atoms with Crippen molar-refractivity contribution in [2.45, 2.75) is 19.4 Å². The highest BCUT2D eigenvalue weighted by molar-refractivity contribution is 7.88. The van der Waals surface area contributed by atoms with Crippen molar-refractivity contribution < 1.29 is 8.42 Å². The van der Waals surface area contributed by atoms with E-state index >= 15 is 0 Å². The monoisotopic (exact) mass is 257 g/mol. The van der Waals surface area contributed by atoms with Crippen LogP contribution in [-0.2, 0) is 10.0 Å². The van der Waals surface area contributed by atoms with Gasteiger partial charge in [0.05, 0.1) is 11.9 Å². The molecule has 0 radical (unpaired) electrons. The third-order valence-corrected chi connectivity index (χ3v) is 3.03. The molecule has 5 nitrogen and oxygen atoms in total. The highest BCUT2D eigenvalue weighted by Gasteiger charge is 2.04. The van der Waals surface area contributed by atoms with Crippen LogP contribution in [0.3, 0.4) is 0 Å². The Bertz CT molecular complexity index is 420. The second-order valence-corrected chi connectivity index (χ2v) is 5.78. The molecule has 1 unspecified atom stereocenters. The Labute approximate surface area is 103 Å². The Morgan fingerprint density at radius 3 is 2.71 bits per heavy atom. The number of sulfonamides is 1. The molecule has 0 saturated heterocycles. The van der Waals surface area contributed by atoms with Crippen LogP contribution in [0.4, 0.5) is 0 Å². The molecule has 0 amide bonds. The first-order chi connectivity index (χ1) is 7.99. The van der Waals surface area contributed by atoms with Gasteiger partial charge in [-0.25, -0.2) is 13.1 Å². The summed E-state index contributed by atoms with van der Waals surface area (Å²) in [5.41, 5.74) is 0.989. The Morgan fingerprint density at radius 2 is 2.12 bits per heavy atom. The van der Waals surface area contributed by atoms with Gasteiger partial charge in [-0.2, -0.15) is 0 Å². The zero-order chi connectivity index (χ0) is 12.7. The molecule has 6 heteroatoms. The van der Waals surface area contributed by atoms with Crippen molar-refractivity contribution in [3.8, 4) is 0 Å². The standard InChI is InChI=1S/C11H19N3O2S/c1-10(11-6-3-4-7-13-11)12-8-5-9-14-17(2,15)16/h3-4,6-7,10,12,14H,5,8-9H2,1-2H3. The lowest BCUT2D eigenvalue weighted by molar-refractivity contribution is 0.540. The maximum Gasteiger partial charge on any atom is 0.208 e. The minimum atomic E-state index is -3.07. The highest BCUT2D eigenvalue weighted by atomic mass is 32.2. The summed E-state index contributed by atoms with van der Waals surface area (Å²) in [6.45, 7) is 3.24. The van der Waals surface area contributed by atoms with Gasteiger partial charge in [0.2, 0.25) is 10.0 Å². The van der Waals surface area contributed by atoms with E-state index < -0.39 is 10.0 Å². The lowest BCUT2D eigenvalue weighted by Gasteiger charge is -2.12. The number of nitrogens with one attached hydrogen (secondary N) is 2. The van der Waals surface area contributed by atoms with Crippen molar-refractivity contribution in [3.63, 3.8) is 0 Å². The minimum Gasteiger partial charge on any atom is -0.309 e. The highest BCUT2D eigenvalue weighted by Crippen LogP contribution is 2.06. The molecule has 1 aromatic rings. The van der Waals surface area contributed by atoms with Crippen molar-refractivity contribution in [3.05, 3.63) is 30.1 Å². The molecule has 17 heavy (non-hydrogen) atoms. The summed E-state index contributed by atoms with van der Waals surface area (Å²) >= 11 is 0. The topological polar surface area (TPSA) is 71.1 Å². The average molecular weight is 257 g/mol. The molecule has 0 aliphatic heterocycles. The fourth-order valence-electron chi connectivity index (χ4n) is 1.40. The summed E-state index contributed by atoms with van der Waals surface area (Å²) in [7, 11) is -3.07. The Kier molecular flexibility index (Phi) is 5.54. The van der Waals surface area contributed by atoms with E-state index in [1.807, 2.05) is 25.1 Å². The van der Waals surface area contributed by atoms with Crippen molar-refractivity contribution >= 4 is 10.0 Å². The van der Waals surface area contributed by atoms with Crippen LogP contribution in [0.1, 0.15) is 25.1 Å². The summed E-state index contributed by atoms with van der Waals surface area (Å²) in [5.74, 6) is 0. The quantitative estimate of drug-likeness (QED) is 0.704. The van der Waals surface area contributed by atoms with Crippen molar-refractivity contribution in [1.29, 1.82) is 0 Å². The van der Waals surface area contributed by atoms with Crippen LogP contribution in [0, 0.1) is 0 Å². The first kappa shape index (κ1) is 14.1. The van der Waals surface area contributed by atoms with Crippen LogP contribution in [0.2, 0.25) is 0 Å². The molecule has 0 spiro atoms. The molecule has 96 valence electrons. The molecule has 0 fully saturated rings. The molecule has 1 heterocycles. The van der Waals surface area contributed by atoms with Gasteiger partial charge in [0.15, 0.2) is 0 Å². The van der Waals surface area contributed by atoms with Gasteiger partial charge < -0.3 is 5.32 Å². The third-order valence-electron chi connectivity index (χ3n) is 2.30. The second-order valence-electron chi connectivity index (χ2n) is 3.95. The molecule has 0 bridgehead atoms. The summed E-state index contributed by atoms with van der Waals surface area (Å²) in [6.07, 6.45) is 3.68. The van der Waals surface area contributed by atoms with Crippen LogP contribution in [0.15, 0.2) is 24.4 Å². The van der Waals surface area contributed by atoms with Gasteiger partial charge >= 0.3 is 0 Å². The number of nitrogens with zero attached hydrogens (tertiary/aromatic N) is 1. The largest absolute Gasteiger partial charge is 0.309 e. The molecule has 1 aromatic heterocycles. The Hall–Kier alpha value is -0.980. The number of aromatic nitrogens is 1. The smallest absolute Gasteiger partial charge is 0.208 e. The summed E-state index contributed by atoms with van der Waals surface area (Å²) in [5, 5.41) is 3.29. The van der Waals surface area contributed by atoms with Gasteiger partial charge in [-0.3, -0.25) is 4.98 Å². The number of hydrogen-bond donors (Lipinski definition) is 2. The zero-order valence-corrected chi connectivity index (χ0v) is 11.0. The first-order valence-corrected chi connectivity index (χ1v) is 7.47. The minimum absolute atomic E-state index is 0.175. The molecule has 0 saturated carbocycles. The van der Waals surface area contributed by atoms with Crippen LogP contribution < -0.4 is 10.0 Å². The van der Waals surface area contributed by atoms with E-state index in [-0.39, 0.29) is 6.04 Å². The second kappa shape index (κ2) is 6.68. The summed E-state index contributed by atoms with van der Waals surface area (Å²) in [6, 6.07) is 5.97.